The molecule has 1 saturated heterocycles. The number of amides is 1. The van der Waals surface area contributed by atoms with Gasteiger partial charge in [0.25, 0.3) is 5.91 Å². The van der Waals surface area contributed by atoms with E-state index in [9.17, 15) is 4.79 Å². The second-order valence-corrected chi connectivity index (χ2v) is 9.03. The maximum absolute atomic E-state index is 12.9. The topological polar surface area (TPSA) is 42.4 Å². The molecule has 2 heterocycles. The lowest BCUT2D eigenvalue weighted by atomic mass is 10.1. The van der Waals surface area contributed by atoms with Gasteiger partial charge < -0.3 is 9.64 Å². The number of para-hydroxylation sites is 1. The third kappa shape index (κ3) is 4.70. The summed E-state index contributed by atoms with van der Waals surface area (Å²) in [5.41, 5.74) is 3.22. The van der Waals surface area contributed by atoms with Gasteiger partial charge in [0.2, 0.25) is 0 Å². The van der Waals surface area contributed by atoms with Crippen LogP contribution < -0.4 is 4.74 Å². The van der Waals surface area contributed by atoms with E-state index in [4.69, 9.17) is 4.74 Å². The number of hydrogen-bond acceptors (Lipinski definition) is 4. The van der Waals surface area contributed by atoms with Crippen LogP contribution in [0.4, 0.5) is 0 Å². The minimum atomic E-state index is 0.130. The van der Waals surface area contributed by atoms with Crippen LogP contribution in [0.2, 0.25) is 0 Å². The van der Waals surface area contributed by atoms with E-state index in [-0.39, 0.29) is 12.0 Å². The first-order chi connectivity index (χ1) is 12.8. The molecule has 4 nitrogen and oxygen atoms in total. The average molecular weight is 387 g/mol. The van der Waals surface area contributed by atoms with Crippen LogP contribution in [0.5, 0.6) is 5.75 Å². The predicted octanol–water partition coefficient (Wildman–Crippen LogP) is 4.95. The van der Waals surface area contributed by atoms with Gasteiger partial charge in [-0.05, 0) is 37.8 Å². The second kappa shape index (κ2) is 8.42. The van der Waals surface area contributed by atoms with Crippen molar-refractivity contribution in [2.75, 3.05) is 13.1 Å². The van der Waals surface area contributed by atoms with Gasteiger partial charge in [0.05, 0.1) is 10.7 Å². The zero-order valence-electron chi connectivity index (χ0n) is 17.0. The molecule has 0 unspecified atom stereocenters. The van der Waals surface area contributed by atoms with Crippen molar-refractivity contribution >= 4 is 17.2 Å². The lowest BCUT2D eigenvalue weighted by Gasteiger charge is -2.32. The van der Waals surface area contributed by atoms with Gasteiger partial charge in [-0.25, -0.2) is 4.98 Å². The normalized spacial score (nSPS) is 15.4. The van der Waals surface area contributed by atoms with Crippen molar-refractivity contribution in [1.82, 2.24) is 9.88 Å². The van der Waals surface area contributed by atoms with E-state index in [0.29, 0.717) is 5.92 Å². The molecule has 0 atom stereocenters. The van der Waals surface area contributed by atoms with Crippen molar-refractivity contribution in [3.8, 4) is 5.75 Å². The number of ether oxygens (including phenoxy) is 1. The molecule has 5 heteroatoms. The summed E-state index contributed by atoms with van der Waals surface area (Å²) in [4.78, 5) is 20.3. The van der Waals surface area contributed by atoms with Gasteiger partial charge in [-0.3, -0.25) is 4.79 Å². The zero-order valence-corrected chi connectivity index (χ0v) is 17.9. The molecule has 3 rings (SSSR count). The van der Waals surface area contributed by atoms with Crippen molar-refractivity contribution in [1.29, 1.82) is 0 Å². The summed E-state index contributed by atoms with van der Waals surface area (Å²) in [5.74, 6) is 1.68. The number of hydrogen-bond donors (Lipinski definition) is 0. The van der Waals surface area contributed by atoms with E-state index in [1.54, 1.807) is 11.3 Å². The molecule has 0 bridgehead atoms. The largest absolute Gasteiger partial charge is 0.490 e. The fourth-order valence-corrected chi connectivity index (χ4v) is 4.80. The number of aromatic nitrogens is 1. The standard InChI is InChI=1S/C22H30N2O2S/c1-14(2)13-19-23-17(5)21(27-19)22(25)24-11-9-18(10-12-24)26-20-15(3)7-6-8-16(20)4/h6-8,14,18H,9-13H2,1-5H3. The highest BCUT2D eigenvalue weighted by Gasteiger charge is 2.27. The number of benzene rings is 1. The number of carbonyl (C=O) groups excluding carboxylic acids is 1. The van der Waals surface area contributed by atoms with Gasteiger partial charge in [0.15, 0.2) is 0 Å². The van der Waals surface area contributed by atoms with Crippen LogP contribution in [0.15, 0.2) is 18.2 Å². The van der Waals surface area contributed by atoms with E-state index >= 15 is 0 Å². The summed E-state index contributed by atoms with van der Waals surface area (Å²) in [7, 11) is 0. The maximum Gasteiger partial charge on any atom is 0.265 e. The van der Waals surface area contributed by atoms with Crippen LogP contribution in [0.1, 0.15) is 58.2 Å². The first-order valence-electron chi connectivity index (χ1n) is 9.83. The van der Waals surface area contributed by atoms with Gasteiger partial charge in [0, 0.05) is 32.4 Å². The van der Waals surface area contributed by atoms with Crippen LogP contribution in [-0.4, -0.2) is 35.0 Å². The first-order valence-corrected chi connectivity index (χ1v) is 10.6. The SMILES string of the molecule is Cc1cccc(C)c1OC1CCN(C(=O)c2sc(CC(C)C)nc2C)CC1. The lowest BCUT2D eigenvalue weighted by molar-refractivity contribution is 0.0596. The Morgan fingerprint density at radius 2 is 1.85 bits per heavy atom. The summed E-state index contributed by atoms with van der Waals surface area (Å²) in [6.45, 7) is 12.0. The fraction of sp³-hybridized carbons (Fsp3) is 0.545. The molecular formula is C22H30N2O2S. The molecule has 1 aliphatic rings. The Kier molecular flexibility index (Phi) is 6.20. The van der Waals surface area contributed by atoms with Gasteiger partial charge in [0.1, 0.15) is 16.7 Å². The summed E-state index contributed by atoms with van der Waals surface area (Å²) < 4.78 is 6.27. The molecular weight excluding hydrogens is 356 g/mol. The number of likely N-dealkylation sites (tertiary alicyclic amines) is 1. The number of rotatable bonds is 5. The summed E-state index contributed by atoms with van der Waals surface area (Å²) in [5, 5.41) is 1.07. The average Bonchev–Trinajstić information content (AvgIpc) is 2.97. The van der Waals surface area contributed by atoms with E-state index in [0.717, 1.165) is 53.7 Å². The van der Waals surface area contributed by atoms with E-state index in [1.807, 2.05) is 11.8 Å². The van der Waals surface area contributed by atoms with Gasteiger partial charge in [-0.1, -0.05) is 32.0 Å². The minimum Gasteiger partial charge on any atom is -0.490 e. The third-order valence-corrected chi connectivity index (χ3v) is 6.21. The Morgan fingerprint density at radius 3 is 2.44 bits per heavy atom. The maximum atomic E-state index is 12.9. The lowest BCUT2D eigenvalue weighted by Crippen LogP contribution is -2.41. The van der Waals surface area contributed by atoms with Gasteiger partial charge in [-0.15, -0.1) is 11.3 Å². The molecule has 27 heavy (non-hydrogen) atoms. The van der Waals surface area contributed by atoms with Crippen molar-refractivity contribution in [3.05, 3.63) is 44.9 Å². The molecule has 146 valence electrons. The van der Waals surface area contributed by atoms with Crippen molar-refractivity contribution in [3.63, 3.8) is 0 Å². The van der Waals surface area contributed by atoms with Crippen LogP contribution >= 0.6 is 11.3 Å². The molecule has 0 saturated carbocycles. The number of nitrogens with zero attached hydrogens (tertiary/aromatic N) is 2. The zero-order chi connectivity index (χ0) is 19.6. The van der Waals surface area contributed by atoms with E-state index < -0.39 is 0 Å². The highest BCUT2D eigenvalue weighted by molar-refractivity contribution is 7.13. The predicted molar refractivity (Wildman–Crippen MR) is 111 cm³/mol. The Labute approximate surface area is 166 Å². The molecule has 0 aliphatic carbocycles. The third-order valence-electron chi connectivity index (χ3n) is 5.04. The monoisotopic (exact) mass is 386 g/mol. The molecule has 1 fully saturated rings. The Balaban J connectivity index is 1.60. The number of piperidine rings is 1. The highest BCUT2D eigenvalue weighted by Crippen LogP contribution is 2.28. The Morgan fingerprint density at radius 1 is 1.22 bits per heavy atom. The van der Waals surface area contributed by atoms with Crippen LogP contribution in [0, 0.1) is 26.7 Å². The second-order valence-electron chi connectivity index (χ2n) is 7.95. The molecule has 1 aliphatic heterocycles. The van der Waals surface area contributed by atoms with Gasteiger partial charge in [-0.2, -0.15) is 0 Å². The first kappa shape index (κ1) is 19.9. The van der Waals surface area contributed by atoms with E-state index in [1.165, 1.54) is 11.1 Å². The molecule has 0 N–H and O–H groups in total. The summed E-state index contributed by atoms with van der Waals surface area (Å²) >= 11 is 1.56. The van der Waals surface area contributed by atoms with Crippen molar-refractivity contribution in [2.24, 2.45) is 5.92 Å². The minimum absolute atomic E-state index is 0.130. The molecule has 1 aromatic heterocycles. The molecule has 0 radical (unpaired) electrons. The smallest absolute Gasteiger partial charge is 0.265 e. The number of carbonyl (C=O) groups is 1. The number of thiazole rings is 1. The Hall–Kier alpha value is -1.88. The quantitative estimate of drug-likeness (QED) is 0.730. The summed E-state index contributed by atoms with van der Waals surface area (Å²) in [6.07, 6.45) is 2.85. The molecule has 2 aromatic rings. The Bertz CT molecular complexity index is 784. The molecule has 1 amide bonds. The van der Waals surface area contributed by atoms with Crippen LogP contribution in [0.3, 0.4) is 0 Å². The number of aryl methyl sites for hydroxylation is 3. The van der Waals surface area contributed by atoms with Crippen molar-refractivity contribution < 1.29 is 9.53 Å². The van der Waals surface area contributed by atoms with E-state index in [2.05, 4.69) is 50.9 Å². The molecule has 1 aromatic carbocycles. The van der Waals surface area contributed by atoms with Crippen LogP contribution in [0.25, 0.3) is 0 Å². The highest BCUT2D eigenvalue weighted by atomic mass is 32.1. The summed E-state index contributed by atoms with van der Waals surface area (Å²) in [6, 6.07) is 6.23. The van der Waals surface area contributed by atoms with Gasteiger partial charge >= 0.3 is 0 Å². The molecule has 0 spiro atoms. The fourth-order valence-electron chi connectivity index (χ4n) is 3.56. The van der Waals surface area contributed by atoms with Crippen LogP contribution in [-0.2, 0) is 6.42 Å². The van der Waals surface area contributed by atoms with Crippen molar-refractivity contribution in [2.45, 2.75) is 60.0 Å².